The summed E-state index contributed by atoms with van der Waals surface area (Å²) in [6.07, 6.45) is 7.07. The van der Waals surface area contributed by atoms with Crippen LogP contribution in [-0.2, 0) is 9.53 Å². The van der Waals surface area contributed by atoms with E-state index in [1.807, 2.05) is 0 Å². The molecule has 26 heavy (non-hydrogen) atoms. The number of benzene rings is 1. The molecule has 1 saturated carbocycles. The molecule has 1 aliphatic carbocycles. The van der Waals surface area contributed by atoms with E-state index in [1.165, 1.54) is 43.5 Å². The van der Waals surface area contributed by atoms with Gasteiger partial charge in [-0.25, -0.2) is 0 Å². The zero-order valence-corrected chi connectivity index (χ0v) is 14.7. The van der Waals surface area contributed by atoms with Crippen LogP contribution < -0.4 is 10.6 Å². The molecule has 2 amide bonds. The lowest BCUT2D eigenvalue weighted by molar-refractivity contribution is -0.384. The van der Waals surface area contributed by atoms with Gasteiger partial charge >= 0.3 is 0 Å². The number of nitro benzene ring substituents is 1. The lowest BCUT2D eigenvalue weighted by Crippen LogP contribution is -2.37. The minimum absolute atomic E-state index is 0.146. The van der Waals surface area contributed by atoms with E-state index in [0.717, 1.165) is 19.3 Å². The van der Waals surface area contributed by atoms with Gasteiger partial charge in [0.25, 0.3) is 11.6 Å². The van der Waals surface area contributed by atoms with Crippen molar-refractivity contribution in [1.82, 2.24) is 10.6 Å². The summed E-state index contributed by atoms with van der Waals surface area (Å²) in [4.78, 5) is 33.8. The average molecular weight is 363 g/mol. The second-order valence-corrected chi connectivity index (χ2v) is 6.32. The number of non-ortho nitro benzene ring substituents is 1. The Hall–Kier alpha value is -2.48. The Labute approximate surface area is 152 Å². The predicted octanol–water partition coefficient (Wildman–Crippen LogP) is 2.18. The third-order valence-electron chi connectivity index (χ3n) is 4.28. The first-order valence-electron chi connectivity index (χ1n) is 8.97. The molecule has 0 heterocycles. The quantitative estimate of drug-likeness (QED) is 0.397. The van der Waals surface area contributed by atoms with Crippen LogP contribution in [0, 0.1) is 10.1 Å². The Morgan fingerprint density at radius 3 is 2.69 bits per heavy atom. The fourth-order valence-electron chi connectivity index (χ4n) is 2.87. The van der Waals surface area contributed by atoms with Crippen molar-refractivity contribution in [2.45, 2.75) is 44.6 Å². The first kappa shape index (κ1) is 19.8. The maximum Gasteiger partial charge on any atom is 0.270 e. The summed E-state index contributed by atoms with van der Waals surface area (Å²) in [5.74, 6) is -0.828. The van der Waals surface area contributed by atoms with Gasteiger partial charge in [0.15, 0.2) is 0 Å². The third kappa shape index (κ3) is 6.79. The number of ether oxygens (including phenoxy) is 1. The number of nitro groups is 1. The Balaban J connectivity index is 1.60. The molecule has 2 rings (SSSR count). The summed E-state index contributed by atoms with van der Waals surface area (Å²) >= 11 is 0. The number of hydrogen-bond acceptors (Lipinski definition) is 5. The van der Waals surface area contributed by atoms with Crippen molar-refractivity contribution in [2.75, 3.05) is 19.7 Å². The van der Waals surface area contributed by atoms with Crippen LogP contribution in [0.5, 0.6) is 0 Å². The van der Waals surface area contributed by atoms with Crippen LogP contribution in [-0.4, -0.2) is 42.5 Å². The molecule has 8 heteroatoms. The van der Waals surface area contributed by atoms with E-state index in [0.29, 0.717) is 19.3 Å². The molecule has 2 N–H and O–H groups in total. The molecule has 1 aromatic carbocycles. The zero-order chi connectivity index (χ0) is 18.8. The Morgan fingerprint density at radius 1 is 1.19 bits per heavy atom. The van der Waals surface area contributed by atoms with E-state index >= 15 is 0 Å². The number of carbonyl (C=O) groups is 2. The molecular formula is C18H25N3O5. The van der Waals surface area contributed by atoms with Gasteiger partial charge < -0.3 is 15.4 Å². The number of amides is 2. The molecule has 0 saturated heterocycles. The summed E-state index contributed by atoms with van der Waals surface area (Å²) in [6, 6.07) is 5.37. The number of nitrogens with one attached hydrogen (secondary N) is 2. The van der Waals surface area contributed by atoms with Gasteiger partial charge in [-0.1, -0.05) is 25.3 Å². The lowest BCUT2D eigenvalue weighted by Gasteiger charge is -2.21. The molecule has 0 aromatic heterocycles. The van der Waals surface area contributed by atoms with Crippen molar-refractivity contribution in [3.8, 4) is 0 Å². The van der Waals surface area contributed by atoms with Crippen molar-refractivity contribution in [1.29, 1.82) is 0 Å². The minimum Gasteiger partial charge on any atom is -0.378 e. The number of hydrogen-bond donors (Lipinski definition) is 2. The Kier molecular flexibility index (Phi) is 8.01. The van der Waals surface area contributed by atoms with Crippen LogP contribution in [0.15, 0.2) is 24.3 Å². The van der Waals surface area contributed by atoms with Crippen LogP contribution in [0.2, 0.25) is 0 Å². The smallest absolute Gasteiger partial charge is 0.270 e. The molecule has 0 aliphatic heterocycles. The fourth-order valence-corrected chi connectivity index (χ4v) is 2.87. The molecule has 0 atom stereocenters. The molecule has 0 bridgehead atoms. The Bertz CT molecular complexity index is 629. The van der Waals surface area contributed by atoms with Crippen molar-refractivity contribution in [3.63, 3.8) is 0 Å². The molecule has 1 fully saturated rings. The maximum atomic E-state index is 11.9. The van der Waals surface area contributed by atoms with E-state index in [2.05, 4.69) is 10.6 Å². The summed E-state index contributed by atoms with van der Waals surface area (Å²) in [7, 11) is 0. The average Bonchev–Trinajstić information content (AvgIpc) is 2.66. The van der Waals surface area contributed by atoms with Crippen LogP contribution in [0.25, 0.3) is 0 Å². The number of nitrogens with zero attached hydrogens (tertiary/aromatic N) is 1. The summed E-state index contributed by atoms with van der Waals surface area (Å²) in [5.41, 5.74) is -0.0204. The largest absolute Gasteiger partial charge is 0.378 e. The minimum atomic E-state index is -0.571. The van der Waals surface area contributed by atoms with Gasteiger partial charge in [-0.2, -0.15) is 0 Å². The molecule has 0 unspecified atom stereocenters. The summed E-state index contributed by atoms with van der Waals surface area (Å²) in [6.45, 7) is 0.925. The zero-order valence-electron chi connectivity index (χ0n) is 14.7. The molecule has 0 radical (unpaired) electrons. The van der Waals surface area contributed by atoms with E-state index in [9.17, 15) is 19.7 Å². The second kappa shape index (κ2) is 10.5. The van der Waals surface area contributed by atoms with Gasteiger partial charge in [0.2, 0.25) is 5.91 Å². The van der Waals surface area contributed by atoms with E-state index in [1.54, 1.807) is 0 Å². The van der Waals surface area contributed by atoms with Gasteiger partial charge in [0.05, 0.1) is 17.6 Å². The normalized spacial score (nSPS) is 14.6. The first-order chi connectivity index (χ1) is 12.6. The first-order valence-corrected chi connectivity index (χ1v) is 8.97. The van der Waals surface area contributed by atoms with Crippen molar-refractivity contribution in [3.05, 3.63) is 39.9 Å². The van der Waals surface area contributed by atoms with Crippen molar-refractivity contribution < 1.29 is 19.2 Å². The van der Waals surface area contributed by atoms with Gasteiger partial charge in [-0.3, -0.25) is 19.7 Å². The highest BCUT2D eigenvalue weighted by Crippen LogP contribution is 2.20. The highest BCUT2D eigenvalue weighted by atomic mass is 16.6. The molecule has 1 aromatic rings. The molecule has 1 aliphatic rings. The van der Waals surface area contributed by atoms with Gasteiger partial charge in [0, 0.05) is 30.8 Å². The highest BCUT2D eigenvalue weighted by molar-refractivity contribution is 5.96. The molecular weight excluding hydrogens is 338 g/mol. The maximum absolute atomic E-state index is 11.9. The predicted molar refractivity (Wildman–Crippen MR) is 95.9 cm³/mol. The number of carbonyl (C=O) groups excluding carboxylic acids is 2. The fraction of sp³-hybridized carbons (Fsp3) is 0.556. The van der Waals surface area contributed by atoms with Crippen molar-refractivity contribution >= 4 is 17.5 Å². The molecule has 142 valence electrons. The summed E-state index contributed by atoms with van der Waals surface area (Å²) in [5, 5.41) is 15.9. The SMILES string of the molecule is O=C(CNC(=O)c1cccc([N+](=O)[O-])c1)NCCCOC1CCCCC1. The van der Waals surface area contributed by atoms with Crippen molar-refractivity contribution in [2.24, 2.45) is 0 Å². The highest BCUT2D eigenvalue weighted by Gasteiger charge is 2.14. The van der Waals surface area contributed by atoms with E-state index < -0.39 is 10.8 Å². The van der Waals surface area contributed by atoms with Crippen LogP contribution in [0.1, 0.15) is 48.9 Å². The third-order valence-corrected chi connectivity index (χ3v) is 4.28. The van der Waals surface area contributed by atoms with Gasteiger partial charge in [-0.15, -0.1) is 0 Å². The van der Waals surface area contributed by atoms with Crippen LogP contribution in [0.4, 0.5) is 5.69 Å². The Morgan fingerprint density at radius 2 is 1.96 bits per heavy atom. The van der Waals surface area contributed by atoms with E-state index in [-0.39, 0.29) is 23.7 Å². The van der Waals surface area contributed by atoms with E-state index in [4.69, 9.17) is 4.74 Å². The monoisotopic (exact) mass is 363 g/mol. The summed E-state index contributed by atoms with van der Waals surface area (Å²) < 4.78 is 5.78. The van der Waals surface area contributed by atoms with Gasteiger partial charge in [-0.05, 0) is 25.3 Å². The second-order valence-electron chi connectivity index (χ2n) is 6.32. The van der Waals surface area contributed by atoms with Crippen LogP contribution in [0.3, 0.4) is 0 Å². The van der Waals surface area contributed by atoms with Crippen LogP contribution >= 0.6 is 0 Å². The van der Waals surface area contributed by atoms with Gasteiger partial charge in [0.1, 0.15) is 0 Å². The lowest BCUT2D eigenvalue weighted by atomic mass is 9.98. The topological polar surface area (TPSA) is 111 Å². The molecule has 8 nitrogen and oxygen atoms in total. The number of rotatable bonds is 9. The standard InChI is InChI=1S/C18H25N3O5/c22-17(19-10-5-11-26-16-8-2-1-3-9-16)13-20-18(23)14-6-4-7-15(12-14)21(24)25/h4,6-7,12,16H,1-3,5,8-11,13H2,(H,19,22)(H,20,23). The molecule has 0 spiro atoms.